The van der Waals surface area contributed by atoms with Crippen molar-refractivity contribution in [3.63, 3.8) is 0 Å². The van der Waals surface area contributed by atoms with Gasteiger partial charge in [-0.3, -0.25) is 14.4 Å². The number of piperidine rings is 1. The lowest BCUT2D eigenvalue weighted by Crippen LogP contribution is -2.45. The van der Waals surface area contributed by atoms with E-state index in [2.05, 4.69) is 0 Å². The van der Waals surface area contributed by atoms with Crippen LogP contribution in [0.3, 0.4) is 0 Å². The molecule has 0 unspecified atom stereocenters. The molecule has 0 radical (unpaired) electrons. The van der Waals surface area contributed by atoms with Crippen molar-refractivity contribution in [3.05, 3.63) is 35.6 Å². The maximum atomic E-state index is 12.2. The first kappa shape index (κ1) is 18.0. The second-order valence-electron chi connectivity index (χ2n) is 6.68. The summed E-state index contributed by atoms with van der Waals surface area (Å²) in [4.78, 5) is 37.1. The summed E-state index contributed by atoms with van der Waals surface area (Å²) < 4.78 is 10.6. The first-order valence-corrected chi connectivity index (χ1v) is 8.63. The number of carbonyl (C=O) groups is 3. The van der Waals surface area contributed by atoms with E-state index in [0.717, 1.165) is 22.1 Å². The normalized spacial score (nSPS) is 17.3. The Morgan fingerprint density at radius 1 is 1.35 bits per heavy atom. The molecule has 1 saturated heterocycles. The van der Waals surface area contributed by atoms with Crippen LogP contribution in [0.25, 0.3) is 11.0 Å². The molecule has 26 heavy (non-hydrogen) atoms. The van der Waals surface area contributed by atoms with E-state index in [-0.39, 0.29) is 31.4 Å². The molecule has 3 rings (SSSR count). The Morgan fingerprint density at radius 2 is 2.15 bits per heavy atom. The van der Waals surface area contributed by atoms with Gasteiger partial charge in [-0.25, -0.2) is 0 Å². The van der Waals surface area contributed by atoms with Gasteiger partial charge in [0.25, 0.3) is 5.91 Å². The number of rotatable bonds is 5. The molecular formula is C19H22N2O5. The molecule has 1 aliphatic heterocycles. The van der Waals surface area contributed by atoms with Gasteiger partial charge in [-0.05, 0) is 31.4 Å². The third-order valence-electron chi connectivity index (χ3n) is 4.68. The lowest BCUT2D eigenvalue weighted by molar-refractivity contribution is -0.152. The van der Waals surface area contributed by atoms with Crippen LogP contribution in [-0.4, -0.2) is 42.4 Å². The van der Waals surface area contributed by atoms with Crippen LogP contribution in [0, 0.1) is 12.8 Å². The summed E-state index contributed by atoms with van der Waals surface area (Å²) in [5, 5.41) is 0.860. The fourth-order valence-electron chi connectivity index (χ4n) is 3.20. The Balaban J connectivity index is 1.53. The standard InChI is InChI=1S/C19H22N2O5/c1-12-4-5-15-14(10-25-16(15)7-12)8-18(23)26-11-17(22)21-6-2-3-13(9-21)19(20)24/h4-5,7,10,13H,2-3,6,8-9,11H2,1H3,(H2,20,24)/t13-/m1/s1. The number of esters is 1. The zero-order valence-electron chi connectivity index (χ0n) is 14.7. The Hall–Kier alpha value is -2.83. The molecule has 1 aromatic carbocycles. The highest BCUT2D eigenvalue weighted by Gasteiger charge is 2.27. The number of hydrogen-bond donors (Lipinski definition) is 1. The van der Waals surface area contributed by atoms with E-state index in [0.29, 0.717) is 19.4 Å². The average molecular weight is 358 g/mol. The van der Waals surface area contributed by atoms with Crippen LogP contribution >= 0.6 is 0 Å². The molecule has 138 valence electrons. The van der Waals surface area contributed by atoms with E-state index in [9.17, 15) is 14.4 Å². The zero-order chi connectivity index (χ0) is 18.7. The highest BCUT2D eigenvalue weighted by Crippen LogP contribution is 2.23. The van der Waals surface area contributed by atoms with Crippen molar-refractivity contribution >= 4 is 28.8 Å². The summed E-state index contributed by atoms with van der Waals surface area (Å²) >= 11 is 0. The van der Waals surface area contributed by atoms with Gasteiger partial charge in [-0.2, -0.15) is 0 Å². The summed E-state index contributed by atoms with van der Waals surface area (Å²) in [5.41, 5.74) is 7.83. The molecule has 0 aliphatic carbocycles. The number of furan rings is 1. The molecule has 2 N–H and O–H groups in total. The van der Waals surface area contributed by atoms with Crippen LogP contribution < -0.4 is 5.73 Å². The maximum Gasteiger partial charge on any atom is 0.310 e. The molecule has 0 spiro atoms. The van der Waals surface area contributed by atoms with Crippen LogP contribution in [0.5, 0.6) is 0 Å². The van der Waals surface area contributed by atoms with Crippen molar-refractivity contribution in [1.29, 1.82) is 0 Å². The van der Waals surface area contributed by atoms with Gasteiger partial charge in [-0.15, -0.1) is 0 Å². The molecule has 2 heterocycles. The lowest BCUT2D eigenvalue weighted by Gasteiger charge is -2.31. The van der Waals surface area contributed by atoms with Gasteiger partial charge < -0.3 is 19.8 Å². The lowest BCUT2D eigenvalue weighted by atomic mass is 9.97. The maximum absolute atomic E-state index is 12.2. The zero-order valence-corrected chi connectivity index (χ0v) is 14.7. The van der Waals surface area contributed by atoms with Crippen LogP contribution in [0.4, 0.5) is 0 Å². The predicted octanol–water partition coefficient (Wildman–Crippen LogP) is 1.55. The molecule has 1 aliphatic rings. The van der Waals surface area contributed by atoms with E-state index in [1.807, 2.05) is 25.1 Å². The van der Waals surface area contributed by atoms with Gasteiger partial charge in [-0.1, -0.05) is 12.1 Å². The van der Waals surface area contributed by atoms with E-state index in [4.69, 9.17) is 14.9 Å². The van der Waals surface area contributed by atoms with Crippen molar-refractivity contribution in [2.75, 3.05) is 19.7 Å². The van der Waals surface area contributed by atoms with Crippen molar-refractivity contribution in [1.82, 2.24) is 4.90 Å². The number of carbonyl (C=O) groups excluding carboxylic acids is 3. The third-order valence-corrected chi connectivity index (χ3v) is 4.68. The molecular weight excluding hydrogens is 336 g/mol. The number of fused-ring (bicyclic) bond motifs is 1. The van der Waals surface area contributed by atoms with Crippen LogP contribution in [0.15, 0.2) is 28.9 Å². The number of nitrogens with two attached hydrogens (primary N) is 1. The van der Waals surface area contributed by atoms with Crippen molar-refractivity contribution < 1.29 is 23.5 Å². The molecule has 2 aromatic rings. The smallest absolute Gasteiger partial charge is 0.310 e. The van der Waals surface area contributed by atoms with Gasteiger partial charge in [0.2, 0.25) is 5.91 Å². The van der Waals surface area contributed by atoms with E-state index in [1.165, 1.54) is 11.2 Å². The van der Waals surface area contributed by atoms with Crippen LogP contribution in [-0.2, 0) is 25.5 Å². The Morgan fingerprint density at radius 3 is 2.92 bits per heavy atom. The highest BCUT2D eigenvalue weighted by molar-refractivity contribution is 5.87. The fraction of sp³-hybridized carbons (Fsp3) is 0.421. The Kier molecular flexibility index (Phi) is 5.25. The number of benzene rings is 1. The average Bonchev–Trinajstić information content (AvgIpc) is 3.01. The van der Waals surface area contributed by atoms with Crippen LogP contribution in [0.1, 0.15) is 24.0 Å². The van der Waals surface area contributed by atoms with Crippen molar-refractivity contribution in [3.8, 4) is 0 Å². The fourth-order valence-corrected chi connectivity index (χ4v) is 3.20. The molecule has 1 aromatic heterocycles. The second-order valence-corrected chi connectivity index (χ2v) is 6.68. The molecule has 1 atom stereocenters. The van der Waals surface area contributed by atoms with E-state index in [1.54, 1.807) is 0 Å². The summed E-state index contributed by atoms with van der Waals surface area (Å²) in [6.45, 7) is 2.47. The van der Waals surface area contributed by atoms with Crippen molar-refractivity contribution in [2.24, 2.45) is 11.7 Å². The molecule has 7 heteroatoms. The van der Waals surface area contributed by atoms with Gasteiger partial charge in [0.1, 0.15) is 5.58 Å². The predicted molar refractivity (Wildman–Crippen MR) is 94.1 cm³/mol. The minimum absolute atomic E-state index is 0.0350. The number of hydrogen-bond acceptors (Lipinski definition) is 5. The summed E-state index contributed by atoms with van der Waals surface area (Å²) in [5.74, 6) is -1.53. The number of primary amides is 1. The number of amides is 2. The number of aryl methyl sites for hydroxylation is 1. The Bertz CT molecular complexity index is 842. The largest absolute Gasteiger partial charge is 0.464 e. The first-order chi connectivity index (χ1) is 12.4. The summed E-state index contributed by atoms with van der Waals surface area (Å²) in [7, 11) is 0. The summed E-state index contributed by atoms with van der Waals surface area (Å²) in [6, 6.07) is 5.75. The minimum Gasteiger partial charge on any atom is -0.464 e. The molecule has 7 nitrogen and oxygen atoms in total. The Labute approximate surface area is 151 Å². The quantitative estimate of drug-likeness (QED) is 0.817. The monoisotopic (exact) mass is 358 g/mol. The first-order valence-electron chi connectivity index (χ1n) is 8.63. The molecule has 2 amide bonds. The molecule has 0 saturated carbocycles. The third kappa shape index (κ3) is 4.04. The number of nitrogens with zero attached hydrogens (tertiary/aromatic N) is 1. The van der Waals surface area contributed by atoms with Gasteiger partial charge in [0.15, 0.2) is 6.61 Å². The minimum atomic E-state index is -0.495. The van der Waals surface area contributed by atoms with Gasteiger partial charge in [0, 0.05) is 24.0 Å². The van der Waals surface area contributed by atoms with Crippen molar-refractivity contribution in [2.45, 2.75) is 26.2 Å². The molecule has 0 bridgehead atoms. The van der Waals surface area contributed by atoms with Crippen LogP contribution in [0.2, 0.25) is 0 Å². The summed E-state index contributed by atoms with van der Waals surface area (Å²) in [6.07, 6.45) is 2.97. The molecule has 1 fully saturated rings. The number of ether oxygens (including phenoxy) is 1. The number of likely N-dealkylation sites (tertiary alicyclic amines) is 1. The SMILES string of the molecule is Cc1ccc2c(CC(=O)OCC(=O)N3CCC[C@@H](C(N)=O)C3)coc2c1. The van der Waals surface area contributed by atoms with E-state index < -0.39 is 11.9 Å². The highest BCUT2D eigenvalue weighted by atomic mass is 16.5. The van der Waals surface area contributed by atoms with Gasteiger partial charge in [0.05, 0.1) is 18.6 Å². The van der Waals surface area contributed by atoms with E-state index >= 15 is 0 Å². The van der Waals surface area contributed by atoms with Gasteiger partial charge >= 0.3 is 5.97 Å². The second kappa shape index (κ2) is 7.59. The topological polar surface area (TPSA) is 103 Å².